The van der Waals surface area contributed by atoms with Crippen LogP contribution in [0, 0.1) is 13.8 Å². The number of aromatic nitrogens is 2. The van der Waals surface area contributed by atoms with E-state index in [-0.39, 0.29) is 0 Å². The molecule has 0 unspecified atom stereocenters. The predicted octanol–water partition coefficient (Wildman–Crippen LogP) is 8.41. The maximum atomic E-state index is 6.56. The van der Waals surface area contributed by atoms with Crippen LogP contribution in [0.25, 0.3) is 71.3 Å². The third-order valence-corrected chi connectivity index (χ3v) is 7.49. The highest BCUT2D eigenvalue weighted by molar-refractivity contribution is 6.30. The molecular formula is C31H20N2O. The third kappa shape index (κ3) is 2.10. The zero-order valence-corrected chi connectivity index (χ0v) is 18.9. The molecule has 0 aliphatic rings. The largest absolute Gasteiger partial charge is 0.455 e. The van der Waals surface area contributed by atoms with Crippen molar-refractivity contribution >= 4 is 60.0 Å². The summed E-state index contributed by atoms with van der Waals surface area (Å²) >= 11 is 0. The first-order chi connectivity index (χ1) is 16.7. The van der Waals surface area contributed by atoms with Crippen molar-refractivity contribution in [1.29, 1.82) is 0 Å². The summed E-state index contributed by atoms with van der Waals surface area (Å²) < 4.78 is 9.00. The standard InChI is InChI=1S/C31H20N2O/c1-17-15-25(32-16-18(17)2)23-10-6-11-24-28-27(34-31(23)24)14-13-22-21-9-5-8-20-19-7-3-4-12-26(19)33(29(20)21)30(22)28/h3-16H,1-2H3. The van der Waals surface area contributed by atoms with E-state index in [0.717, 1.165) is 33.2 Å². The summed E-state index contributed by atoms with van der Waals surface area (Å²) in [5, 5.41) is 7.42. The second kappa shape index (κ2) is 6.15. The first-order valence-electron chi connectivity index (χ1n) is 11.7. The van der Waals surface area contributed by atoms with Crippen LogP contribution in [0.3, 0.4) is 0 Å². The van der Waals surface area contributed by atoms with Gasteiger partial charge in [0.05, 0.1) is 27.6 Å². The number of pyridine rings is 1. The lowest BCUT2D eigenvalue weighted by molar-refractivity contribution is 0.670. The Kier molecular flexibility index (Phi) is 3.27. The second-order valence-electron chi connectivity index (χ2n) is 9.33. The summed E-state index contributed by atoms with van der Waals surface area (Å²) in [5.41, 5.74) is 9.94. The van der Waals surface area contributed by atoms with Gasteiger partial charge < -0.3 is 8.82 Å². The maximum Gasteiger partial charge on any atom is 0.144 e. The number of para-hydroxylation sites is 3. The molecule has 8 aromatic rings. The Hall–Kier alpha value is -4.37. The van der Waals surface area contributed by atoms with Crippen LogP contribution in [0.1, 0.15) is 11.1 Å². The van der Waals surface area contributed by atoms with E-state index in [9.17, 15) is 0 Å². The van der Waals surface area contributed by atoms with Crippen molar-refractivity contribution < 1.29 is 4.42 Å². The SMILES string of the molecule is Cc1cnc(-c2cccc3c2oc2ccc4c5cccc6c7ccccc7n(c65)c4c23)cc1C. The van der Waals surface area contributed by atoms with Crippen LogP contribution in [-0.4, -0.2) is 9.38 Å². The van der Waals surface area contributed by atoms with Crippen LogP contribution in [-0.2, 0) is 0 Å². The third-order valence-electron chi connectivity index (χ3n) is 7.49. The lowest BCUT2D eigenvalue weighted by Crippen LogP contribution is -1.88. The Balaban J connectivity index is 1.60. The van der Waals surface area contributed by atoms with Crippen molar-refractivity contribution in [2.75, 3.05) is 0 Å². The quantitative estimate of drug-likeness (QED) is 0.258. The van der Waals surface area contributed by atoms with Crippen LogP contribution in [0.5, 0.6) is 0 Å². The number of fused-ring (bicyclic) bond motifs is 10. The normalized spacial score (nSPS) is 12.4. The van der Waals surface area contributed by atoms with E-state index in [4.69, 9.17) is 9.40 Å². The Bertz CT molecular complexity index is 2090. The minimum Gasteiger partial charge on any atom is -0.455 e. The zero-order chi connectivity index (χ0) is 22.6. The van der Waals surface area contributed by atoms with Gasteiger partial charge in [-0.3, -0.25) is 4.98 Å². The molecule has 0 aliphatic carbocycles. The smallest absolute Gasteiger partial charge is 0.144 e. The van der Waals surface area contributed by atoms with Crippen molar-refractivity contribution in [3.05, 3.63) is 96.2 Å². The molecular weight excluding hydrogens is 416 g/mol. The molecule has 0 spiro atoms. The molecule has 0 radical (unpaired) electrons. The van der Waals surface area contributed by atoms with Crippen LogP contribution in [0.4, 0.5) is 0 Å². The summed E-state index contributed by atoms with van der Waals surface area (Å²) in [6, 6.07) is 28.2. The van der Waals surface area contributed by atoms with Crippen LogP contribution < -0.4 is 0 Å². The second-order valence-corrected chi connectivity index (χ2v) is 9.33. The molecule has 0 fully saturated rings. The first kappa shape index (κ1) is 18.1. The van der Waals surface area contributed by atoms with E-state index >= 15 is 0 Å². The molecule has 0 N–H and O–H groups in total. The predicted molar refractivity (Wildman–Crippen MR) is 141 cm³/mol. The molecule has 8 rings (SSSR count). The van der Waals surface area contributed by atoms with Gasteiger partial charge in [-0.1, -0.05) is 48.5 Å². The van der Waals surface area contributed by atoms with E-state index in [2.05, 4.69) is 97.1 Å². The molecule has 0 saturated heterocycles. The van der Waals surface area contributed by atoms with Gasteiger partial charge in [-0.05, 0) is 55.3 Å². The van der Waals surface area contributed by atoms with Crippen molar-refractivity contribution in [3.63, 3.8) is 0 Å². The van der Waals surface area contributed by atoms with E-state index in [1.165, 1.54) is 49.2 Å². The van der Waals surface area contributed by atoms with E-state index in [0.29, 0.717) is 0 Å². The van der Waals surface area contributed by atoms with Crippen molar-refractivity contribution in [1.82, 2.24) is 9.38 Å². The Morgan fingerprint density at radius 3 is 2.29 bits per heavy atom. The minimum atomic E-state index is 0.894. The average molecular weight is 437 g/mol. The molecule has 34 heavy (non-hydrogen) atoms. The monoisotopic (exact) mass is 436 g/mol. The number of aryl methyl sites for hydroxylation is 2. The van der Waals surface area contributed by atoms with Gasteiger partial charge in [0, 0.05) is 38.7 Å². The Labute approximate surface area is 195 Å². The van der Waals surface area contributed by atoms with E-state index in [1.54, 1.807) is 0 Å². The van der Waals surface area contributed by atoms with Crippen molar-refractivity contribution in [3.8, 4) is 11.3 Å². The number of hydrogen-bond donors (Lipinski definition) is 0. The fourth-order valence-electron chi connectivity index (χ4n) is 5.76. The summed E-state index contributed by atoms with van der Waals surface area (Å²) in [4.78, 5) is 4.73. The van der Waals surface area contributed by atoms with Gasteiger partial charge in [-0.25, -0.2) is 0 Å². The van der Waals surface area contributed by atoms with Gasteiger partial charge in [-0.15, -0.1) is 0 Å². The molecule has 0 aliphatic heterocycles. The zero-order valence-electron chi connectivity index (χ0n) is 18.9. The molecule has 0 amide bonds. The molecule has 0 saturated carbocycles. The number of benzene rings is 4. The summed E-state index contributed by atoms with van der Waals surface area (Å²) in [6.07, 6.45) is 1.95. The van der Waals surface area contributed by atoms with Crippen LogP contribution >= 0.6 is 0 Å². The van der Waals surface area contributed by atoms with Gasteiger partial charge >= 0.3 is 0 Å². The Morgan fingerprint density at radius 2 is 1.41 bits per heavy atom. The van der Waals surface area contributed by atoms with Gasteiger partial charge in [-0.2, -0.15) is 0 Å². The molecule has 3 nitrogen and oxygen atoms in total. The van der Waals surface area contributed by atoms with E-state index < -0.39 is 0 Å². The molecule has 0 atom stereocenters. The van der Waals surface area contributed by atoms with Crippen molar-refractivity contribution in [2.45, 2.75) is 13.8 Å². The highest BCUT2D eigenvalue weighted by Crippen LogP contribution is 2.44. The number of furan rings is 1. The average Bonchev–Trinajstić information content (AvgIpc) is 3.52. The Morgan fingerprint density at radius 1 is 0.676 bits per heavy atom. The highest BCUT2D eigenvalue weighted by atomic mass is 16.3. The molecule has 4 aromatic carbocycles. The fourth-order valence-corrected chi connectivity index (χ4v) is 5.76. The number of nitrogens with zero attached hydrogens (tertiary/aromatic N) is 2. The molecule has 3 heteroatoms. The fraction of sp³-hybridized carbons (Fsp3) is 0.0645. The number of rotatable bonds is 1. The van der Waals surface area contributed by atoms with Crippen LogP contribution in [0.2, 0.25) is 0 Å². The topological polar surface area (TPSA) is 30.4 Å². The first-order valence-corrected chi connectivity index (χ1v) is 11.7. The minimum absolute atomic E-state index is 0.894. The van der Waals surface area contributed by atoms with Gasteiger partial charge in [0.2, 0.25) is 0 Å². The van der Waals surface area contributed by atoms with Gasteiger partial charge in [0.1, 0.15) is 11.2 Å². The lowest BCUT2D eigenvalue weighted by atomic mass is 10.0. The van der Waals surface area contributed by atoms with E-state index in [1.807, 2.05) is 6.20 Å². The molecule has 4 aromatic heterocycles. The highest BCUT2D eigenvalue weighted by Gasteiger charge is 2.22. The maximum absolute atomic E-state index is 6.56. The molecule has 4 heterocycles. The lowest BCUT2D eigenvalue weighted by Gasteiger charge is -2.05. The van der Waals surface area contributed by atoms with Gasteiger partial charge in [0.15, 0.2) is 0 Å². The van der Waals surface area contributed by atoms with Gasteiger partial charge in [0.25, 0.3) is 0 Å². The van der Waals surface area contributed by atoms with Crippen LogP contribution in [0.15, 0.2) is 89.5 Å². The van der Waals surface area contributed by atoms with Crippen molar-refractivity contribution in [2.24, 2.45) is 0 Å². The number of hydrogen-bond acceptors (Lipinski definition) is 2. The molecule has 0 bridgehead atoms. The summed E-state index contributed by atoms with van der Waals surface area (Å²) in [7, 11) is 0. The molecule has 160 valence electrons. The summed E-state index contributed by atoms with van der Waals surface area (Å²) in [5.74, 6) is 0. The summed E-state index contributed by atoms with van der Waals surface area (Å²) in [6.45, 7) is 4.22.